The van der Waals surface area contributed by atoms with Gasteiger partial charge in [-0.25, -0.2) is 0 Å². The summed E-state index contributed by atoms with van der Waals surface area (Å²) >= 11 is 5.48. The van der Waals surface area contributed by atoms with Crippen molar-refractivity contribution in [2.24, 2.45) is 0 Å². The number of methoxy groups -OCH3 is 1. The van der Waals surface area contributed by atoms with Gasteiger partial charge in [-0.3, -0.25) is 9.59 Å². The smallest absolute Gasteiger partial charge is 0.385 e. The summed E-state index contributed by atoms with van der Waals surface area (Å²) in [6, 6.07) is 2.98. The van der Waals surface area contributed by atoms with E-state index in [9.17, 15) is 22.8 Å². The van der Waals surface area contributed by atoms with Gasteiger partial charge in [0.25, 0.3) is 0 Å². The molecule has 1 aromatic carbocycles. The van der Waals surface area contributed by atoms with Crippen LogP contribution < -0.4 is 10.6 Å². The number of rotatable bonds is 7. The maximum absolute atomic E-state index is 12.7. The van der Waals surface area contributed by atoms with Crippen molar-refractivity contribution in [2.75, 3.05) is 25.6 Å². The van der Waals surface area contributed by atoms with Crippen LogP contribution in [0.1, 0.15) is 18.4 Å². The lowest BCUT2D eigenvalue weighted by atomic mass is 10.2. The summed E-state index contributed by atoms with van der Waals surface area (Å²) in [4.78, 5) is 23.1. The molecule has 0 aromatic heterocycles. The first-order chi connectivity index (χ1) is 10.7. The molecule has 23 heavy (non-hydrogen) atoms. The van der Waals surface area contributed by atoms with Crippen molar-refractivity contribution in [3.05, 3.63) is 28.8 Å². The van der Waals surface area contributed by atoms with E-state index >= 15 is 0 Å². The molecule has 2 N–H and O–H groups in total. The van der Waals surface area contributed by atoms with Crippen LogP contribution in [0.3, 0.4) is 0 Å². The van der Waals surface area contributed by atoms with Crippen LogP contribution in [0.15, 0.2) is 18.2 Å². The topological polar surface area (TPSA) is 67.4 Å². The fourth-order valence-corrected chi connectivity index (χ4v) is 1.90. The van der Waals surface area contributed by atoms with Gasteiger partial charge < -0.3 is 15.4 Å². The molecule has 0 saturated heterocycles. The molecule has 0 heterocycles. The largest absolute Gasteiger partial charge is 0.417 e. The predicted octanol–water partition coefficient (Wildman–Crippen LogP) is 2.84. The van der Waals surface area contributed by atoms with Crippen LogP contribution in [0.2, 0.25) is 5.02 Å². The average Bonchev–Trinajstić information content (AvgIpc) is 2.44. The summed E-state index contributed by atoms with van der Waals surface area (Å²) in [5.74, 6) is -1.24. The van der Waals surface area contributed by atoms with Gasteiger partial charge in [0.2, 0.25) is 11.8 Å². The molecule has 0 aliphatic rings. The van der Waals surface area contributed by atoms with Crippen LogP contribution >= 0.6 is 11.6 Å². The van der Waals surface area contributed by atoms with Crippen LogP contribution in [0, 0.1) is 0 Å². The van der Waals surface area contributed by atoms with Crippen molar-refractivity contribution in [3.63, 3.8) is 0 Å². The maximum Gasteiger partial charge on any atom is 0.417 e. The minimum Gasteiger partial charge on any atom is -0.385 e. The van der Waals surface area contributed by atoms with Crippen LogP contribution in [0.25, 0.3) is 0 Å². The molecule has 0 saturated carbocycles. The van der Waals surface area contributed by atoms with Crippen molar-refractivity contribution < 1.29 is 27.5 Å². The monoisotopic (exact) mass is 352 g/mol. The Bertz CT molecular complexity index is 565. The van der Waals surface area contributed by atoms with Crippen molar-refractivity contribution in [2.45, 2.75) is 19.0 Å². The van der Waals surface area contributed by atoms with E-state index in [0.717, 1.165) is 12.1 Å². The summed E-state index contributed by atoms with van der Waals surface area (Å²) in [7, 11) is 1.52. The Kier molecular flexibility index (Phi) is 7.31. The van der Waals surface area contributed by atoms with Crippen LogP contribution in [-0.4, -0.2) is 32.1 Å². The van der Waals surface area contributed by atoms with Gasteiger partial charge >= 0.3 is 6.18 Å². The highest BCUT2D eigenvalue weighted by Crippen LogP contribution is 2.36. The van der Waals surface area contributed by atoms with E-state index in [2.05, 4.69) is 10.6 Å². The van der Waals surface area contributed by atoms with E-state index < -0.39 is 35.0 Å². The van der Waals surface area contributed by atoms with E-state index in [1.54, 1.807) is 0 Å². The predicted molar refractivity (Wildman–Crippen MR) is 79.2 cm³/mol. The van der Waals surface area contributed by atoms with Crippen molar-refractivity contribution >= 4 is 29.1 Å². The zero-order valence-electron chi connectivity index (χ0n) is 12.3. The van der Waals surface area contributed by atoms with Crippen LogP contribution in [0.5, 0.6) is 0 Å². The summed E-state index contributed by atoms with van der Waals surface area (Å²) in [5.41, 5.74) is -1.14. The average molecular weight is 353 g/mol. The van der Waals surface area contributed by atoms with Crippen LogP contribution in [0.4, 0.5) is 18.9 Å². The van der Waals surface area contributed by atoms with Crippen LogP contribution in [-0.2, 0) is 20.5 Å². The first-order valence-electron chi connectivity index (χ1n) is 6.66. The quantitative estimate of drug-likeness (QED) is 0.585. The lowest BCUT2D eigenvalue weighted by molar-refractivity contribution is -0.137. The third kappa shape index (κ3) is 6.87. The SMILES string of the molecule is COCCCNC(=O)CC(=O)Nc1ccc(Cl)c(C(F)(F)F)c1. The zero-order chi connectivity index (χ0) is 17.5. The van der Waals surface area contributed by atoms with Gasteiger partial charge in [-0.15, -0.1) is 0 Å². The lowest BCUT2D eigenvalue weighted by Crippen LogP contribution is -2.29. The molecule has 0 bridgehead atoms. The fourth-order valence-electron chi connectivity index (χ4n) is 1.68. The van der Waals surface area contributed by atoms with Gasteiger partial charge in [0.15, 0.2) is 0 Å². The zero-order valence-corrected chi connectivity index (χ0v) is 13.1. The molecule has 2 amide bonds. The molecule has 0 aliphatic heterocycles. The molecule has 0 atom stereocenters. The number of carbonyl (C=O) groups is 2. The summed E-state index contributed by atoms with van der Waals surface area (Å²) in [6.07, 6.45) is -4.52. The van der Waals surface area contributed by atoms with E-state index in [4.69, 9.17) is 16.3 Å². The summed E-state index contributed by atoms with van der Waals surface area (Å²) in [6.45, 7) is 0.816. The summed E-state index contributed by atoms with van der Waals surface area (Å²) < 4.78 is 42.9. The molecule has 0 unspecified atom stereocenters. The molecule has 1 rings (SSSR count). The molecule has 9 heteroatoms. The Labute approximate surface area is 136 Å². The number of amides is 2. The van der Waals surface area contributed by atoms with Crippen molar-refractivity contribution in [1.29, 1.82) is 0 Å². The highest BCUT2D eigenvalue weighted by molar-refractivity contribution is 6.31. The van der Waals surface area contributed by atoms with E-state index in [-0.39, 0.29) is 5.69 Å². The van der Waals surface area contributed by atoms with Crippen molar-refractivity contribution in [3.8, 4) is 0 Å². The molecular formula is C14H16ClF3N2O3. The van der Waals surface area contributed by atoms with E-state index in [1.165, 1.54) is 13.2 Å². The second kappa shape index (κ2) is 8.73. The fraction of sp³-hybridized carbons (Fsp3) is 0.429. The number of hydrogen-bond donors (Lipinski definition) is 2. The number of benzene rings is 1. The minimum atomic E-state index is -4.63. The molecule has 0 fully saturated rings. The number of hydrogen-bond acceptors (Lipinski definition) is 3. The Morgan fingerprint density at radius 1 is 1.26 bits per heavy atom. The Morgan fingerprint density at radius 2 is 1.96 bits per heavy atom. The Balaban J connectivity index is 2.56. The van der Waals surface area contributed by atoms with Gasteiger partial charge in [0.05, 0.1) is 10.6 Å². The first kappa shape index (κ1) is 19.2. The van der Waals surface area contributed by atoms with Gasteiger partial charge in [0, 0.05) is 25.9 Å². The highest BCUT2D eigenvalue weighted by Gasteiger charge is 2.33. The molecule has 0 radical (unpaired) electrons. The van der Waals surface area contributed by atoms with Gasteiger partial charge in [-0.1, -0.05) is 11.6 Å². The number of halogens is 4. The molecule has 0 spiro atoms. The highest BCUT2D eigenvalue weighted by atomic mass is 35.5. The standard InChI is InChI=1S/C14H16ClF3N2O3/c1-23-6-2-5-19-12(21)8-13(22)20-9-3-4-11(15)10(7-9)14(16,17)18/h3-4,7H,2,5-6,8H2,1H3,(H,19,21)(H,20,22). The maximum atomic E-state index is 12.7. The van der Waals surface area contributed by atoms with Gasteiger partial charge in [-0.05, 0) is 24.6 Å². The number of nitrogens with one attached hydrogen (secondary N) is 2. The third-order valence-electron chi connectivity index (χ3n) is 2.72. The second-order valence-corrected chi connectivity index (χ2v) is 5.02. The molecular weight excluding hydrogens is 337 g/mol. The molecule has 128 valence electrons. The number of alkyl halides is 3. The van der Waals surface area contributed by atoms with Crippen molar-refractivity contribution in [1.82, 2.24) is 5.32 Å². The first-order valence-corrected chi connectivity index (χ1v) is 7.04. The Morgan fingerprint density at radius 3 is 2.57 bits per heavy atom. The summed E-state index contributed by atoms with van der Waals surface area (Å²) in [5, 5.41) is 4.26. The number of ether oxygens (including phenoxy) is 1. The van der Waals surface area contributed by atoms with Gasteiger partial charge in [0.1, 0.15) is 6.42 Å². The van der Waals surface area contributed by atoms with E-state index in [0.29, 0.717) is 19.6 Å². The van der Waals surface area contributed by atoms with Gasteiger partial charge in [-0.2, -0.15) is 13.2 Å². The molecule has 5 nitrogen and oxygen atoms in total. The number of carbonyl (C=O) groups excluding carboxylic acids is 2. The Hall–Kier alpha value is -1.80. The minimum absolute atomic E-state index is 0.0843. The molecule has 1 aromatic rings. The van der Waals surface area contributed by atoms with E-state index in [1.807, 2.05) is 0 Å². The third-order valence-corrected chi connectivity index (χ3v) is 3.05. The number of anilines is 1. The molecule has 0 aliphatic carbocycles. The normalized spacial score (nSPS) is 11.2. The lowest BCUT2D eigenvalue weighted by Gasteiger charge is -2.12. The second-order valence-electron chi connectivity index (χ2n) is 4.61.